The van der Waals surface area contributed by atoms with Crippen LogP contribution in [0.1, 0.15) is 44.7 Å². The molecule has 2 heterocycles. The standard InChI is InChI=1S/C20H30FN3O2.HI/c1-4-20(3)7-9-24(13-20)19(22-5-2)23-8-6-15-10-17(21)11-16-12-25-14-26-18(15)16;/h10-11H,4-9,12-14H2,1-3H3,(H,22,23);1H. The van der Waals surface area contributed by atoms with Crippen molar-refractivity contribution < 1.29 is 13.9 Å². The first-order valence-corrected chi connectivity index (χ1v) is 9.60. The van der Waals surface area contributed by atoms with Crippen LogP contribution in [0, 0.1) is 11.2 Å². The van der Waals surface area contributed by atoms with E-state index in [2.05, 4.69) is 31.0 Å². The molecule has 27 heavy (non-hydrogen) atoms. The second-order valence-corrected chi connectivity index (χ2v) is 7.49. The van der Waals surface area contributed by atoms with Gasteiger partial charge in [0.15, 0.2) is 12.8 Å². The summed E-state index contributed by atoms with van der Waals surface area (Å²) >= 11 is 0. The zero-order chi connectivity index (χ0) is 18.6. The van der Waals surface area contributed by atoms with Crippen LogP contribution >= 0.6 is 24.0 Å². The third-order valence-electron chi connectivity index (χ3n) is 5.44. The lowest BCUT2D eigenvalue weighted by Gasteiger charge is -2.25. The Morgan fingerprint density at radius 2 is 2.19 bits per heavy atom. The zero-order valence-electron chi connectivity index (χ0n) is 16.5. The Morgan fingerprint density at radius 3 is 2.89 bits per heavy atom. The van der Waals surface area contributed by atoms with Crippen LogP contribution < -0.4 is 10.1 Å². The number of aliphatic imine (C=N–C) groups is 1. The van der Waals surface area contributed by atoms with Crippen molar-refractivity contribution in [1.82, 2.24) is 10.2 Å². The predicted molar refractivity (Wildman–Crippen MR) is 116 cm³/mol. The van der Waals surface area contributed by atoms with E-state index >= 15 is 0 Å². The highest BCUT2D eigenvalue weighted by molar-refractivity contribution is 14.0. The second kappa shape index (κ2) is 9.91. The molecule has 1 fully saturated rings. The van der Waals surface area contributed by atoms with Gasteiger partial charge in [-0.05, 0) is 49.3 Å². The Hall–Kier alpha value is -1.09. The molecule has 152 valence electrons. The molecule has 1 aromatic rings. The highest BCUT2D eigenvalue weighted by Gasteiger charge is 2.33. The summed E-state index contributed by atoms with van der Waals surface area (Å²) in [6, 6.07) is 3.04. The Balaban J connectivity index is 0.00000261. The molecule has 3 rings (SSSR count). The van der Waals surface area contributed by atoms with E-state index in [-0.39, 0.29) is 36.6 Å². The minimum absolute atomic E-state index is 0. The fourth-order valence-electron chi connectivity index (χ4n) is 3.64. The molecule has 2 aliphatic heterocycles. The van der Waals surface area contributed by atoms with Crippen molar-refractivity contribution in [2.45, 2.75) is 46.6 Å². The van der Waals surface area contributed by atoms with E-state index in [4.69, 9.17) is 14.5 Å². The molecule has 7 heteroatoms. The van der Waals surface area contributed by atoms with E-state index < -0.39 is 0 Å². The number of rotatable bonds is 5. The van der Waals surface area contributed by atoms with E-state index in [1.807, 2.05) is 0 Å². The lowest BCUT2D eigenvalue weighted by Crippen LogP contribution is -2.41. The monoisotopic (exact) mass is 491 g/mol. The summed E-state index contributed by atoms with van der Waals surface area (Å²) in [6.45, 7) is 10.8. The number of guanidine groups is 1. The van der Waals surface area contributed by atoms with Gasteiger partial charge in [-0.1, -0.05) is 13.8 Å². The Morgan fingerprint density at radius 1 is 1.37 bits per heavy atom. The topological polar surface area (TPSA) is 46.1 Å². The molecule has 0 bridgehead atoms. The summed E-state index contributed by atoms with van der Waals surface area (Å²) in [6.07, 6.45) is 3.02. The summed E-state index contributed by atoms with van der Waals surface area (Å²) in [4.78, 5) is 7.14. The Labute approximate surface area is 178 Å². The molecule has 0 aromatic heterocycles. The molecule has 1 aromatic carbocycles. The van der Waals surface area contributed by atoms with E-state index in [9.17, 15) is 4.39 Å². The van der Waals surface area contributed by atoms with Crippen molar-refractivity contribution in [3.05, 3.63) is 29.1 Å². The first-order valence-electron chi connectivity index (χ1n) is 9.60. The highest BCUT2D eigenvalue weighted by Crippen LogP contribution is 2.33. The minimum Gasteiger partial charge on any atom is -0.467 e. The molecule has 0 spiro atoms. The van der Waals surface area contributed by atoms with Crippen molar-refractivity contribution in [3.63, 3.8) is 0 Å². The van der Waals surface area contributed by atoms with Crippen molar-refractivity contribution >= 4 is 29.9 Å². The maximum Gasteiger partial charge on any atom is 0.193 e. The summed E-state index contributed by atoms with van der Waals surface area (Å²) in [5, 5.41) is 3.40. The lowest BCUT2D eigenvalue weighted by atomic mass is 9.87. The van der Waals surface area contributed by atoms with Crippen LogP contribution in [0.15, 0.2) is 17.1 Å². The average Bonchev–Trinajstić information content (AvgIpc) is 3.03. The van der Waals surface area contributed by atoms with Gasteiger partial charge in [0.25, 0.3) is 0 Å². The first kappa shape index (κ1) is 22.2. The largest absolute Gasteiger partial charge is 0.467 e. The van der Waals surface area contributed by atoms with Crippen LogP contribution in [0.3, 0.4) is 0 Å². The van der Waals surface area contributed by atoms with E-state index in [0.29, 0.717) is 25.0 Å². The summed E-state index contributed by atoms with van der Waals surface area (Å²) in [5.74, 6) is 1.47. The number of nitrogens with zero attached hydrogens (tertiary/aromatic N) is 2. The normalized spacial score (nSPS) is 22.1. The van der Waals surface area contributed by atoms with Gasteiger partial charge in [-0.2, -0.15) is 0 Å². The van der Waals surface area contributed by atoms with Crippen LogP contribution in [0.25, 0.3) is 0 Å². The van der Waals surface area contributed by atoms with Crippen molar-refractivity contribution in [3.8, 4) is 5.75 Å². The molecule has 0 radical (unpaired) electrons. The van der Waals surface area contributed by atoms with Crippen molar-refractivity contribution in [2.75, 3.05) is 33.0 Å². The molecule has 5 nitrogen and oxygen atoms in total. The summed E-state index contributed by atoms with van der Waals surface area (Å²) in [7, 11) is 0. The molecule has 1 atom stereocenters. The number of hydrogen-bond acceptors (Lipinski definition) is 3. The summed E-state index contributed by atoms with van der Waals surface area (Å²) < 4.78 is 24.7. The van der Waals surface area contributed by atoms with E-state index in [1.54, 1.807) is 6.07 Å². The number of likely N-dealkylation sites (tertiary alicyclic amines) is 1. The quantitative estimate of drug-likeness (QED) is 0.385. The molecule has 0 amide bonds. The third-order valence-corrected chi connectivity index (χ3v) is 5.44. The van der Waals surface area contributed by atoms with Crippen LogP contribution in [0.2, 0.25) is 0 Å². The maximum absolute atomic E-state index is 13.9. The van der Waals surface area contributed by atoms with Crippen molar-refractivity contribution in [2.24, 2.45) is 10.4 Å². The second-order valence-electron chi connectivity index (χ2n) is 7.49. The first-order chi connectivity index (χ1) is 12.5. The molecular weight excluding hydrogens is 460 g/mol. The van der Waals surface area contributed by atoms with Gasteiger partial charge in [-0.3, -0.25) is 4.99 Å². The molecule has 1 saturated heterocycles. The molecule has 1 unspecified atom stereocenters. The molecule has 0 saturated carbocycles. The molecular formula is C20H31FIN3O2. The molecule has 0 aliphatic carbocycles. The van der Waals surface area contributed by atoms with Gasteiger partial charge < -0.3 is 19.7 Å². The van der Waals surface area contributed by atoms with Crippen LogP contribution in [0.4, 0.5) is 4.39 Å². The Kier molecular flexibility index (Phi) is 8.15. The Bertz CT molecular complexity index is 671. The zero-order valence-corrected chi connectivity index (χ0v) is 18.8. The fourth-order valence-corrected chi connectivity index (χ4v) is 3.64. The van der Waals surface area contributed by atoms with Crippen LogP contribution in [-0.4, -0.2) is 43.8 Å². The number of fused-ring (bicyclic) bond motifs is 1. The van der Waals surface area contributed by atoms with Gasteiger partial charge in [-0.15, -0.1) is 24.0 Å². The van der Waals surface area contributed by atoms with Gasteiger partial charge in [0.05, 0.1) is 6.61 Å². The number of halogens is 2. The smallest absolute Gasteiger partial charge is 0.193 e. The van der Waals surface area contributed by atoms with Crippen LogP contribution in [-0.2, 0) is 17.8 Å². The number of ether oxygens (including phenoxy) is 2. The van der Waals surface area contributed by atoms with E-state index in [0.717, 1.165) is 42.5 Å². The lowest BCUT2D eigenvalue weighted by molar-refractivity contribution is -0.0172. The van der Waals surface area contributed by atoms with Gasteiger partial charge >= 0.3 is 0 Å². The van der Waals surface area contributed by atoms with E-state index in [1.165, 1.54) is 18.9 Å². The van der Waals surface area contributed by atoms with Gasteiger partial charge in [0.2, 0.25) is 0 Å². The van der Waals surface area contributed by atoms with Crippen molar-refractivity contribution in [1.29, 1.82) is 0 Å². The third kappa shape index (κ3) is 5.47. The SMILES string of the molecule is CCNC(=NCCc1cc(F)cc2c1OCOC2)N1CCC(C)(CC)C1.I. The van der Waals surface area contributed by atoms with Gasteiger partial charge in [0.1, 0.15) is 11.6 Å². The number of benzene rings is 1. The molecule has 2 aliphatic rings. The van der Waals surface area contributed by atoms with Crippen LogP contribution in [0.5, 0.6) is 5.75 Å². The molecule has 1 N–H and O–H groups in total. The van der Waals surface area contributed by atoms with Gasteiger partial charge in [-0.25, -0.2) is 4.39 Å². The fraction of sp³-hybridized carbons (Fsp3) is 0.650. The number of hydrogen-bond donors (Lipinski definition) is 1. The van der Waals surface area contributed by atoms with Gasteiger partial charge in [0, 0.05) is 31.7 Å². The number of nitrogens with one attached hydrogen (secondary N) is 1. The average molecular weight is 491 g/mol. The predicted octanol–water partition coefficient (Wildman–Crippen LogP) is 3.94. The maximum atomic E-state index is 13.9. The summed E-state index contributed by atoms with van der Waals surface area (Å²) in [5.41, 5.74) is 2.01. The minimum atomic E-state index is -0.248. The highest BCUT2D eigenvalue weighted by atomic mass is 127.